The zero-order valence-corrected chi connectivity index (χ0v) is 17.1. The third-order valence-electron chi connectivity index (χ3n) is 4.74. The Labute approximate surface area is 174 Å². The van der Waals surface area contributed by atoms with Gasteiger partial charge in [-0.15, -0.1) is 0 Å². The van der Waals surface area contributed by atoms with E-state index in [4.69, 9.17) is 9.47 Å². The molecular weight excluding hydrogens is 386 g/mol. The second-order valence-corrected chi connectivity index (χ2v) is 6.87. The molecule has 0 spiro atoms. The van der Waals surface area contributed by atoms with Crippen molar-refractivity contribution in [3.8, 4) is 0 Å². The van der Waals surface area contributed by atoms with E-state index in [1.807, 2.05) is 32.9 Å². The molecule has 1 aliphatic heterocycles. The minimum Gasteiger partial charge on any atom is -0.502 e. The van der Waals surface area contributed by atoms with Crippen molar-refractivity contribution in [1.82, 2.24) is 0 Å². The van der Waals surface area contributed by atoms with Gasteiger partial charge in [0.15, 0.2) is 5.76 Å². The van der Waals surface area contributed by atoms with Gasteiger partial charge in [-0.3, -0.25) is 9.59 Å². The van der Waals surface area contributed by atoms with Crippen molar-refractivity contribution in [3.63, 3.8) is 0 Å². The predicted octanol–water partition coefficient (Wildman–Crippen LogP) is 3.34. The average Bonchev–Trinajstić information content (AvgIpc) is 2.94. The van der Waals surface area contributed by atoms with Gasteiger partial charge in [0.2, 0.25) is 0 Å². The van der Waals surface area contributed by atoms with E-state index in [-0.39, 0.29) is 23.4 Å². The van der Waals surface area contributed by atoms with Crippen molar-refractivity contribution in [2.24, 2.45) is 0 Å². The van der Waals surface area contributed by atoms with Crippen LogP contribution in [0.15, 0.2) is 48.2 Å². The smallest absolute Gasteiger partial charge is 0.338 e. The number of aliphatic hydroxyl groups excluding tert-OH is 1. The number of ether oxygens (including phenoxy) is 2. The molecule has 7 nitrogen and oxygen atoms in total. The van der Waals surface area contributed by atoms with Crippen LogP contribution in [-0.4, -0.2) is 42.7 Å². The maximum Gasteiger partial charge on any atom is 0.338 e. The van der Waals surface area contributed by atoms with Crippen LogP contribution >= 0.6 is 0 Å². The average molecular weight is 409 g/mol. The lowest BCUT2D eigenvalue weighted by Crippen LogP contribution is -2.31. The fraction of sp³-hybridized carbons (Fsp3) is 0.261. The van der Waals surface area contributed by atoms with Crippen LogP contribution in [0.25, 0.3) is 5.57 Å². The van der Waals surface area contributed by atoms with Crippen molar-refractivity contribution in [2.75, 3.05) is 24.7 Å². The SMILES string of the molecule is CCOCCOC(=O)c1ccc(N2C(=O)C(O)=C(c3ccc(C)cc3C)C2=O)cc1. The minimum absolute atomic E-state index is 0.0306. The molecule has 0 bridgehead atoms. The Bertz CT molecular complexity index is 1020. The Morgan fingerprint density at radius 1 is 1.00 bits per heavy atom. The fourth-order valence-corrected chi connectivity index (χ4v) is 3.26. The first-order chi connectivity index (χ1) is 14.3. The Morgan fingerprint density at radius 3 is 2.33 bits per heavy atom. The van der Waals surface area contributed by atoms with Gasteiger partial charge >= 0.3 is 11.9 Å². The highest BCUT2D eigenvalue weighted by molar-refractivity contribution is 6.45. The molecule has 0 unspecified atom stereocenters. The quantitative estimate of drug-likeness (QED) is 0.428. The molecule has 1 aliphatic rings. The Balaban J connectivity index is 1.80. The van der Waals surface area contributed by atoms with Gasteiger partial charge < -0.3 is 14.6 Å². The summed E-state index contributed by atoms with van der Waals surface area (Å²) in [7, 11) is 0. The van der Waals surface area contributed by atoms with Crippen molar-refractivity contribution in [3.05, 3.63) is 70.5 Å². The topological polar surface area (TPSA) is 93.1 Å². The molecule has 0 aromatic heterocycles. The highest BCUT2D eigenvalue weighted by Gasteiger charge is 2.40. The first-order valence-corrected chi connectivity index (χ1v) is 9.59. The van der Waals surface area contributed by atoms with Crippen LogP contribution in [-0.2, 0) is 19.1 Å². The summed E-state index contributed by atoms with van der Waals surface area (Å²) < 4.78 is 10.2. The number of aliphatic hydroxyl groups is 1. The Morgan fingerprint density at radius 2 is 1.70 bits per heavy atom. The summed E-state index contributed by atoms with van der Waals surface area (Å²) in [6, 6.07) is 11.3. The highest BCUT2D eigenvalue weighted by atomic mass is 16.6. The molecule has 3 rings (SSSR count). The molecular formula is C23H23NO6. The second kappa shape index (κ2) is 8.92. The summed E-state index contributed by atoms with van der Waals surface area (Å²) in [5.74, 6) is -2.54. The third-order valence-corrected chi connectivity index (χ3v) is 4.74. The summed E-state index contributed by atoms with van der Waals surface area (Å²) in [6.07, 6.45) is 0. The van der Waals surface area contributed by atoms with Gasteiger partial charge in [0, 0.05) is 6.61 Å². The largest absolute Gasteiger partial charge is 0.502 e. The predicted molar refractivity (Wildman–Crippen MR) is 111 cm³/mol. The number of carbonyl (C=O) groups excluding carboxylic acids is 3. The number of benzene rings is 2. The van der Waals surface area contributed by atoms with Crippen molar-refractivity contribution >= 4 is 29.0 Å². The molecule has 2 amide bonds. The van der Waals surface area contributed by atoms with Gasteiger partial charge in [-0.05, 0) is 56.2 Å². The van der Waals surface area contributed by atoms with Crippen LogP contribution < -0.4 is 4.90 Å². The number of aryl methyl sites for hydroxylation is 2. The van der Waals surface area contributed by atoms with Crippen LogP contribution in [0, 0.1) is 13.8 Å². The molecule has 0 saturated carbocycles. The number of hydrogen-bond acceptors (Lipinski definition) is 6. The Kier molecular flexibility index (Phi) is 6.32. The van der Waals surface area contributed by atoms with Crippen molar-refractivity contribution < 1.29 is 29.0 Å². The van der Waals surface area contributed by atoms with E-state index in [2.05, 4.69) is 0 Å². The van der Waals surface area contributed by atoms with Crippen LogP contribution in [0.1, 0.15) is 34.0 Å². The molecule has 0 aliphatic carbocycles. The lowest BCUT2D eigenvalue weighted by Gasteiger charge is -2.15. The van der Waals surface area contributed by atoms with E-state index in [0.29, 0.717) is 18.8 Å². The van der Waals surface area contributed by atoms with Gasteiger partial charge in [-0.25, -0.2) is 9.69 Å². The summed E-state index contributed by atoms with van der Waals surface area (Å²) in [5.41, 5.74) is 2.80. The monoisotopic (exact) mass is 409 g/mol. The van der Waals surface area contributed by atoms with Crippen LogP contribution in [0.2, 0.25) is 0 Å². The maximum absolute atomic E-state index is 13.0. The lowest BCUT2D eigenvalue weighted by atomic mass is 9.98. The lowest BCUT2D eigenvalue weighted by molar-refractivity contribution is -0.121. The maximum atomic E-state index is 13.0. The number of nitrogens with zero attached hydrogens (tertiary/aromatic N) is 1. The number of rotatable bonds is 7. The van der Waals surface area contributed by atoms with E-state index in [0.717, 1.165) is 16.0 Å². The number of esters is 1. The molecule has 0 radical (unpaired) electrons. The summed E-state index contributed by atoms with van der Waals surface area (Å²) >= 11 is 0. The summed E-state index contributed by atoms with van der Waals surface area (Å²) in [6.45, 7) is 6.56. The van der Waals surface area contributed by atoms with E-state index < -0.39 is 23.5 Å². The van der Waals surface area contributed by atoms with Gasteiger partial charge in [0.25, 0.3) is 5.91 Å². The van der Waals surface area contributed by atoms with Crippen molar-refractivity contribution in [2.45, 2.75) is 20.8 Å². The summed E-state index contributed by atoms with van der Waals surface area (Å²) in [5, 5.41) is 10.4. The molecule has 156 valence electrons. The zero-order valence-electron chi connectivity index (χ0n) is 17.1. The van der Waals surface area contributed by atoms with E-state index >= 15 is 0 Å². The van der Waals surface area contributed by atoms with Crippen LogP contribution in [0.4, 0.5) is 5.69 Å². The van der Waals surface area contributed by atoms with Crippen molar-refractivity contribution in [1.29, 1.82) is 0 Å². The number of hydrogen-bond donors (Lipinski definition) is 1. The Hall–Kier alpha value is -3.45. The molecule has 30 heavy (non-hydrogen) atoms. The molecule has 1 N–H and O–H groups in total. The van der Waals surface area contributed by atoms with Crippen LogP contribution in [0.3, 0.4) is 0 Å². The van der Waals surface area contributed by atoms with E-state index in [9.17, 15) is 19.5 Å². The van der Waals surface area contributed by atoms with Gasteiger partial charge in [-0.1, -0.05) is 23.8 Å². The number of anilines is 1. The second-order valence-electron chi connectivity index (χ2n) is 6.87. The van der Waals surface area contributed by atoms with Gasteiger partial charge in [0.05, 0.1) is 23.4 Å². The number of carbonyl (C=O) groups is 3. The first kappa shape index (κ1) is 21.3. The fourth-order valence-electron chi connectivity index (χ4n) is 3.26. The zero-order chi connectivity index (χ0) is 21.8. The highest BCUT2D eigenvalue weighted by Crippen LogP contribution is 2.33. The van der Waals surface area contributed by atoms with E-state index in [1.54, 1.807) is 6.07 Å². The van der Waals surface area contributed by atoms with Gasteiger partial charge in [0.1, 0.15) is 6.61 Å². The summed E-state index contributed by atoms with van der Waals surface area (Å²) in [4.78, 5) is 38.5. The molecule has 0 saturated heterocycles. The van der Waals surface area contributed by atoms with E-state index in [1.165, 1.54) is 24.3 Å². The first-order valence-electron chi connectivity index (χ1n) is 9.59. The molecule has 7 heteroatoms. The molecule has 1 heterocycles. The molecule has 2 aromatic carbocycles. The molecule has 2 aromatic rings. The standard InChI is InChI=1S/C23H23NO6/c1-4-29-11-12-30-23(28)16-6-8-17(9-7-16)24-21(26)19(20(25)22(24)27)18-10-5-14(2)13-15(18)3/h5-10,13,25H,4,11-12H2,1-3H3. The normalized spacial score (nSPS) is 13.9. The van der Waals surface area contributed by atoms with Crippen LogP contribution in [0.5, 0.6) is 0 Å². The molecule has 0 fully saturated rings. The number of amides is 2. The minimum atomic E-state index is -0.804. The molecule has 0 atom stereocenters. The van der Waals surface area contributed by atoms with Gasteiger partial charge in [-0.2, -0.15) is 0 Å². The number of imide groups is 1. The third kappa shape index (κ3) is 4.11.